The molecule has 0 unspecified atom stereocenters. The van der Waals surface area contributed by atoms with Gasteiger partial charge in [0.1, 0.15) is 5.69 Å². The van der Waals surface area contributed by atoms with Gasteiger partial charge in [0.05, 0.1) is 42.4 Å². The SMILES string of the molecule is CCOP(=O)(CCN(C)Cc1cnc(C(=O)NCCc2ccc(S(=O)(=O)NC(=O)NC3CCCCC3)cc2)cn1)OCC. The van der Waals surface area contributed by atoms with Gasteiger partial charge in [0.2, 0.25) is 0 Å². The molecule has 2 aromatic rings. The van der Waals surface area contributed by atoms with Gasteiger partial charge in [-0.2, -0.15) is 0 Å². The summed E-state index contributed by atoms with van der Waals surface area (Å²) in [5, 5.41) is 5.52. The zero-order valence-electron chi connectivity index (χ0n) is 25.1. The molecule has 238 valence electrons. The number of hydrogen-bond acceptors (Lipinski definition) is 10. The Balaban J connectivity index is 1.41. The number of aromatic nitrogens is 2. The number of carbonyl (C=O) groups is 2. The van der Waals surface area contributed by atoms with Crippen LogP contribution in [0.25, 0.3) is 0 Å². The highest BCUT2D eigenvalue weighted by Gasteiger charge is 2.24. The van der Waals surface area contributed by atoms with Crippen molar-refractivity contribution in [1.82, 2.24) is 30.2 Å². The van der Waals surface area contributed by atoms with Crippen LogP contribution in [0.15, 0.2) is 41.6 Å². The highest BCUT2D eigenvalue weighted by Crippen LogP contribution is 2.47. The molecule has 0 spiro atoms. The van der Waals surface area contributed by atoms with Gasteiger partial charge in [0.25, 0.3) is 15.9 Å². The maximum absolute atomic E-state index is 12.6. The van der Waals surface area contributed by atoms with E-state index in [4.69, 9.17) is 9.05 Å². The highest BCUT2D eigenvalue weighted by atomic mass is 32.2. The van der Waals surface area contributed by atoms with Crippen molar-refractivity contribution in [1.29, 1.82) is 0 Å². The molecule has 0 bridgehead atoms. The Bertz CT molecular complexity index is 1330. The van der Waals surface area contributed by atoms with E-state index in [-0.39, 0.29) is 28.7 Å². The van der Waals surface area contributed by atoms with Crippen molar-refractivity contribution in [3.8, 4) is 0 Å². The van der Waals surface area contributed by atoms with Gasteiger partial charge in [-0.15, -0.1) is 0 Å². The van der Waals surface area contributed by atoms with Gasteiger partial charge >= 0.3 is 13.6 Å². The second-order valence-electron chi connectivity index (χ2n) is 10.4. The third-order valence-corrected chi connectivity index (χ3v) is 10.3. The van der Waals surface area contributed by atoms with E-state index in [0.29, 0.717) is 45.0 Å². The van der Waals surface area contributed by atoms with Crippen molar-refractivity contribution in [3.63, 3.8) is 0 Å². The number of urea groups is 1. The number of nitrogens with zero attached hydrogens (tertiary/aromatic N) is 3. The summed E-state index contributed by atoms with van der Waals surface area (Å²) in [5.74, 6) is -0.380. The first-order valence-electron chi connectivity index (χ1n) is 14.6. The molecule has 3 N–H and O–H groups in total. The smallest absolute Gasteiger partial charge is 0.331 e. The quantitative estimate of drug-likeness (QED) is 0.232. The number of rotatable bonds is 16. The van der Waals surface area contributed by atoms with Crippen LogP contribution in [0, 0.1) is 0 Å². The molecule has 3 rings (SSSR count). The van der Waals surface area contributed by atoms with Crippen LogP contribution >= 0.6 is 7.60 Å². The van der Waals surface area contributed by atoms with Crippen molar-refractivity contribution in [2.45, 2.75) is 69.9 Å². The van der Waals surface area contributed by atoms with Gasteiger partial charge in [-0.3, -0.25) is 19.2 Å². The Morgan fingerprint density at radius 2 is 1.70 bits per heavy atom. The zero-order valence-corrected chi connectivity index (χ0v) is 26.8. The Kier molecular flexibility index (Phi) is 13.5. The minimum atomic E-state index is -4.00. The van der Waals surface area contributed by atoms with E-state index in [9.17, 15) is 22.6 Å². The second-order valence-corrected chi connectivity index (χ2v) is 14.2. The molecule has 0 aliphatic heterocycles. The fraction of sp³-hybridized carbons (Fsp3) is 0.571. The molecule has 1 fully saturated rings. The van der Waals surface area contributed by atoms with Gasteiger partial charge in [-0.25, -0.2) is 22.9 Å². The summed E-state index contributed by atoms with van der Waals surface area (Å²) in [6.45, 7) is 5.39. The monoisotopic (exact) mass is 638 g/mol. The van der Waals surface area contributed by atoms with Crippen molar-refractivity contribution >= 4 is 29.6 Å². The van der Waals surface area contributed by atoms with Crippen LogP contribution in [0.5, 0.6) is 0 Å². The lowest BCUT2D eigenvalue weighted by Crippen LogP contribution is -2.45. The number of hydrogen-bond donors (Lipinski definition) is 3. The van der Waals surface area contributed by atoms with Gasteiger partial charge in [0.15, 0.2) is 0 Å². The molecule has 43 heavy (non-hydrogen) atoms. The van der Waals surface area contributed by atoms with E-state index in [0.717, 1.165) is 37.7 Å². The average Bonchev–Trinajstić information content (AvgIpc) is 2.97. The minimum Gasteiger partial charge on any atom is -0.350 e. The lowest BCUT2D eigenvalue weighted by molar-refractivity contribution is 0.0948. The van der Waals surface area contributed by atoms with Crippen LogP contribution in [-0.2, 0) is 36.6 Å². The van der Waals surface area contributed by atoms with Gasteiger partial charge in [-0.05, 0) is 57.9 Å². The molecular formula is C28H43N6O7PS. The molecule has 3 amide bonds. The van der Waals surface area contributed by atoms with Crippen LogP contribution in [-0.4, -0.2) is 80.8 Å². The first kappa shape index (κ1) is 34.6. The van der Waals surface area contributed by atoms with E-state index in [1.54, 1.807) is 26.0 Å². The molecule has 1 heterocycles. The fourth-order valence-electron chi connectivity index (χ4n) is 4.65. The van der Waals surface area contributed by atoms with E-state index in [1.165, 1.54) is 24.5 Å². The predicted molar refractivity (Wildman–Crippen MR) is 162 cm³/mol. The van der Waals surface area contributed by atoms with Crippen molar-refractivity contribution < 1.29 is 31.6 Å². The van der Waals surface area contributed by atoms with Crippen molar-refractivity contribution in [3.05, 3.63) is 53.6 Å². The fourth-order valence-corrected chi connectivity index (χ4v) is 7.27. The molecular weight excluding hydrogens is 595 g/mol. The summed E-state index contributed by atoms with van der Waals surface area (Å²) < 4.78 is 50.5. The van der Waals surface area contributed by atoms with E-state index in [2.05, 4.69) is 25.3 Å². The Morgan fingerprint density at radius 1 is 1.02 bits per heavy atom. The lowest BCUT2D eigenvalue weighted by atomic mass is 9.96. The van der Waals surface area contributed by atoms with Crippen molar-refractivity contribution in [2.24, 2.45) is 0 Å². The number of sulfonamides is 1. The molecule has 1 aromatic carbocycles. The number of carbonyl (C=O) groups excluding carboxylic acids is 2. The molecule has 1 aromatic heterocycles. The minimum absolute atomic E-state index is 0.00252. The third kappa shape index (κ3) is 11.6. The molecule has 0 radical (unpaired) electrons. The Morgan fingerprint density at radius 3 is 2.30 bits per heavy atom. The summed E-state index contributed by atoms with van der Waals surface area (Å²) in [6.07, 6.45) is 8.53. The molecule has 0 saturated heterocycles. The summed E-state index contributed by atoms with van der Waals surface area (Å²) in [7, 11) is -5.27. The molecule has 1 aliphatic carbocycles. The Labute approximate surface area is 254 Å². The maximum atomic E-state index is 12.6. The van der Waals surface area contributed by atoms with Crippen LogP contribution in [0.2, 0.25) is 0 Å². The predicted octanol–water partition coefficient (Wildman–Crippen LogP) is 3.47. The maximum Gasteiger partial charge on any atom is 0.331 e. The molecule has 15 heteroatoms. The Hall–Kier alpha value is -2.90. The normalized spacial score (nSPS) is 14.4. The first-order chi connectivity index (χ1) is 20.5. The van der Waals surface area contributed by atoms with Crippen LogP contribution in [0.3, 0.4) is 0 Å². The van der Waals surface area contributed by atoms with Gasteiger partial charge < -0.3 is 19.7 Å². The molecule has 0 atom stereocenters. The summed E-state index contributed by atoms with van der Waals surface area (Å²) in [5.41, 5.74) is 1.63. The zero-order chi connectivity index (χ0) is 31.3. The lowest BCUT2D eigenvalue weighted by Gasteiger charge is -2.22. The van der Waals surface area contributed by atoms with Gasteiger partial charge in [0, 0.05) is 25.7 Å². The van der Waals surface area contributed by atoms with Crippen LogP contribution in [0.1, 0.15) is 67.7 Å². The highest BCUT2D eigenvalue weighted by molar-refractivity contribution is 7.90. The largest absolute Gasteiger partial charge is 0.350 e. The van der Waals surface area contributed by atoms with E-state index < -0.39 is 23.7 Å². The summed E-state index contributed by atoms with van der Waals surface area (Å²) in [6, 6.07) is 5.44. The molecule has 1 aliphatic rings. The summed E-state index contributed by atoms with van der Waals surface area (Å²) in [4.78, 5) is 35.2. The van der Waals surface area contributed by atoms with Crippen LogP contribution < -0.4 is 15.4 Å². The number of amides is 3. The summed E-state index contributed by atoms with van der Waals surface area (Å²) >= 11 is 0. The van der Waals surface area contributed by atoms with Gasteiger partial charge in [-0.1, -0.05) is 31.4 Å². The van der Waals surface area contributed by atoms with Crippen LogP contribution in [0.4, 0.5) is 4.79 Å². The third-order valence-electron chi connectivity index (χ3n) is 6.88. The van der Waals surface area contributed by atoms with E-state index in [1.807, 2.05) is 11.9 Å². The van der Waals surface area contributed by atoms with E-state index >= 15 is 0 Å². The van der Waals surface area contributed by atoms with Crippen molar-refractivity contribution in [2.75, 3.05) is 39.5 Å². The number of nitrogens with one attached hydrogen (secondary N) is 3. The average molecular weight is 639 g/mol. The first-order valence-corrected chi connectivity index (χ1v) is 17.8. The molecule has 1 saturated carbocycles. The second kappa shape index (κ2) is 16.8. The number of benzene rings is 1. The molecule has 13 nitrogen and oxygen atoms in total. The standard InChI is InChI=1S/C28H43N6O7PS/c1-4-40-42(37,41-5-2)18-17-34(3)21-24-19-31-26(20-30-24)27(35)29-16-15-22-11-13-25(14-12-22)43(38,39)33-28(36)32-23-9-7-6-8-10-23/h11-14,19-20,23H,4-10,15-18,21H2,1-3H3,(H,29,35)(H2,32,33,36). The topological polar surface area (TPSA) is 169 Å².